The van der Waals surface area contributed by atoms with Crippen LogP contribution in [-0.4, -0.2) is 50.5 Å². The lowest BCUT2D eigenvalue weighted by Crippen LogP contribution is -2.44. The molecular formula is C14H19NO6. The molecule has 0 bridgehead atoms. The Kier molecular flexibility index (Phi) is 6.48. The van der Waals surface area contributed by atoms with E-state index in [0.717, 1.165) is 0 Å². The van der Waals surface area contributed by atoms with Crippen LogP contribution in [0.15, 0.2) is 18.2 Å². The van der Waals surface area contributed by atoms with Gasteiger partial charge in [-0.3, -0.25) is 4.79 Å². The number of hydrogen-bond acceptors (Lipinski definition) is 6. The number of aliphatic hydroxyl groups is 1. The van der Waals surface area contributed by atoms with E-state index in [1.165, 1.54) is 26.4 Å². The van der Waals surface area contributed by atoms with Crippen LogP contribution in [0.2, 0.25) is 0 Å². The van der Waals surface area contributed by atoms with Crippen LogP contribution in [0.1, 0.15) is 17.3 Å². The van der Waals surface area contributed by atoms with Crippen LogP contribution in [0.5, 0.6) is 11.5 Å². The summed E-state index contributed by atoms with van der Waals surface area (Å²) < 4.78 is 15.0. The van der Waals surface area contributed by atoms with Crippen molar-refractivity contribution in [2.45, 2.75) is 13.0 Å². The molecule has 1 unspecified atom stereocenters. The highest BCUT2D eigenvalue weighted by Crippen LogP contribution is 2.28. The number of benzene rings is 1. The van der Waals surface area contributed by atoms with Crippen molar-refractivity contribution in [1.29, 1.82) is 0 Å². The van der Waals surface area contributed by atoms with E-state index in [0.29, 0.717) is 18.1 Å². The molecule has 0 aliphatic carbocycles. The monoisotopic (exact) mass is 297 g/mol. The van der Waals surface area contributed by atoms with Gasteiger partial charge >= 0.3 is 5.97 Å². The summed E-state index contributed by atoms with van der Waals surface area (Å²) in [5, 5.41) is 11.5. The summed E-state index contributed by atoms with van der Waals surface area (Å²) in [5.41, 5.74) is 0.279. The van der Waals surface area contributed by atoms with Gasteiger partial charge in [0, 0.05) is 5.56 Å². The zero-order valence-electron chi connectivity index (χ0n) is 12.2. The molecule has 0 saturated carbocycles. The van der Waals surface area contributed by atoms with Crippen molar-refractivity contribution in [3.8, 4) is 11.5 Å². The molecule has 116 valence electrons. The minimum absolute atomic E-state index is 0.279. The summed E-state index contributed by atoms with van der Waals surface area (Å²) in [5.74, 6) is -0.321. The van der Waals surface area contributed by atoms with Crippen LogP contribution in [0.25, 0.3) is 0 Å². The highest BCUT2D eigenvalue weighted by Gasteiger charge is 2.21. The molecule has 1 atom stereocenters. The largest absolute Gasteiger partial charge is 0.493 e. The van der Waals surface area contributed by atoms with Crippen LogP contribution in [0, 0.1) is 0 Å². The summed E-state index contributed by atoms with van der Waals surface area (Å²) >= 11 is 0. The molecule has 0 heterocycles. The Balaban J connectivity index is 2.91. The topological polar surface area (TPSA) is 94.1 Å². The number of rotatable bonds is 7. The SMILES string of the molecule is CCOc1cc(C(=O)NC(CO)C(=O)OC)ccc1OC. The molecule has 1 amide bonds. The number of hydrogen-bond donors (Lipinski definition) is 2. The molecule has 0 aliphatic rings. The average Bonchev–Trinajstić information content (AvgIpc) is 2.51. The van der Waals surface area contributed by atoms with Crippen molar-refractivity contribution in [1.82, 2.24) is 5.32 Å². The van der Waals surface area contributed by atoms with Crippen LogP contribution in [-0.2, 0) is 9.53 Å². The summed E-state index contributed by atoms with van der Waals surface area (Å²) in [6, 6.07) is 3.51. The minimum atomic E-state index is -1.11. The molecule has 0 aliphatic heterocycles. The second-order valence-corrected chi connectivity index (χ2v) is 4.03. The minimum Gasteiger partial charge on any atom is -0.493 e. The van der Waals surface area contributed by atoms with Gasteiger partial charge in [-0.15, -0.1) is 0 Å². The van der Waals surface area contributed by atoms with Gasteiger partial charge in [0.15, 0.2) is 17.5 Å². The zero-order valence-corrected chi connectivity index (χ0v) is 12.2. The Hall–Kier alpha value is -2.28. The van der Waals surface area contributed by atoms with Crippen molar-refractivity contribution in [3.63, 3.8) is 0 Å². The van der Waals surface area contributed by atoms with E-state index in [1.807, 2.05) is 6.92 Å². The van der Waals surface area contributed by atoms with Gasteiger partial charge in [0.2, 0.25) is 0 Å². The highest BCUT2D eigenvalue weighted by atomic mass is 16.5. The number of amides is 1. The fourth-order valence-corrected chi connectivity index (χ4v) is 1.65. The van der Waals surface area contributed by atoms with Gasteiger partial charge < -0.3 is 24.6 Å². The first-order chi connectivity index (χ1) is 10.1. The van der Waals surface area contributed by atoms with Crippen molar-refractivity contribution >= 4 is 11.9 Å². The van der Waals surface area contributed by atoms with Gasteiger partial charge in [0.1, 0.15) is 0 Å². The molecule has 1 rings (SSSR count). The molecular weight excluding hydrogens is 278 g/mol. The summed E-state index contributed by atoms with van der Waals surface area (Å²) in [7, 11) is 2.67. The lowest BCUT2D eigenvalue weighted by atomic mass is 10.1. The molecule has 2 N–H and O–H groups in total. The third-order valence-corrected chi connectivity index (χ3v) is 2.70. The van der Waals surface area contributed by atoms with Gasteiger partial charge in [-0.25, -0.2) is 4.79 Å². The average molecular weight is 297 g/mol. The molecule has 21 heavy (non-hydrogen) atoms. The fourth-order valence-electron chi connectivity index (χ4n) is 1.65. The first-order valence-electron chi connectivity index (χ1n) is 6.37. The van der Waals surface area contributed by atoms with Crippen LogP contribution in [0.3, 0.4) is 0 Å². The normalized spacial score (nSPS) is 11.4. The van der Waals surface area contributed by atoms with Gasteiger partial charge in [0.25, 0.3) is 5.91 Å². The number of aliphatic hydroxyl groups excluding tert-OH is 1. The van der Waals surface area contributed by atoms with E-state index < -0.39 is 24.5 Å². The quantitative estimate of drug-likeness (QED) is 0.706. The van der Waals surface area contributed by atoms with Gasteiger partial charge in [-0.2, -0.15) is 0 Å². The maximum Gasteiger partial charge on any atom is 0.330 e. The molecule has 0 saturated heterocycles. The summed E-state index contributed by atoms with van der Waals surface area (Å²) in [6.07, 6.45) is 0. The third kappa shape index (κ3) is 4.35. The number of esters is 1. The van der Waals surface area contributed by atoms with E-state index in [2.05, 4.69) is 10.1 Å². The van der Waals surface area contributed by atoms with Crippen LogP contribution < -0.4 is 14.8 Å². The number of ether oxygens (including phenoxy) is 3. The van der Waals surface area contributed by atoms with Gasteiger partial charge in [-0.05, 0) is 25.1 Å². The number of nitrogens with one attached hydrogen (secondary N) is 1. The highest BCUT2D eigenvalue weighted by molar-refractivity contribution is 5.97. The van der Waals surface area contributed by atoms with Crippen LogP contribution >= 0.6 is 0 Å². The lowest BCUT2D eigenvalue weighted by molar-refractivity contribution is -0.143. The lowest BCUT2D eigenvalue weighted by Gasteiger charge is -2.15. The van der Waals surface area contributed by atoms with E-state index in [1.54, 1.807) is 6.07 Å². The molecule has 1 aromatic carbocycles. The maximum absolute atomic E-state index is 12.1. The molecule has 7 nitrogen and oxygen atoms in total. The summed E-state index contributed by atoms with van der Waals surface area (Å²) in [4.78, 5) is 23.4. The molecule has 0 fully saturated rings. The maximum atomic E-state index is 12.1. The van der Waals surface area contributed by atoms with Crippen molar-refractivity contribution in [3.05, 3.63) is 23.8 Å². The zero-order chi connectivity index (χ0) is 15.8. The van der Waals surface area contributed by atoms with Crippen LogP contribution in [0.4, 0.5) is 0 Å². The number of methoxy groups -OCH3 is 2. The predicted octanol–water partition coefficient (Wildman–Crippen LogP) is 0.358. The Labute approximate surface area is 122 Å². The molecule has 0 aromatic heterocycles. The molecule has 0 spiro atoms. The fraction of sp³-hybridized carbons (Fsp3) is 0.429. The molecule has 1 aromatic rings. The van der Waals surface area contributed by atoms with Gasteiger partial charge in [-0.1, -0.05) is 0 Å². The summed E-state index contributed by atoms with van der Waals surface area (Å²) in [6.45, 7) is 1.68. The predicted molar refractivity (Wildman–Crippen MR) is 74.5 cm³/mol. The van der Waals surface area contributed by atoms with Crippen molar-refractivity contribution in [2.24, 2.45) is 0 Å². The van der Waals surface area contributed by atoms with E-state index in [4.69, 9.17) is 14.6 Å². The Morgan fingerprint density at radius 2 is 2.00 bits per heavy atom. The third-order valence-electron chi connectivity index (χ3n) is 2.70. The second kappa shape index (κ2) is 8.11. The van der Waals surface area contributed by atoms with E-state index >= 15 is 0 Å². The number of carbonyl (C=O) groups is 2. The van der Waals surface area contributed by atoms with Gasteiger partial charge in [0.05, 0.1) is 27.4 Å². The smallest absolute Gasteiger partial charge is 0.330 e. The Morgan fingerprint density at radius 3 is 2.52 bits per heavy atom. The molecule has 0 radical (unpaired) electrons. The Morgan fingerprint density at radius 1 is 1.29 bits per heavy atom. The number of carbonyl (C=O) groups excluding carboxylic acids is 2. The molecule has 7 heteroatoms. The second-order valence-electron chi connectivity index (χ2n) is 4.03. The van der Waals surface area contributed by atoms with E-state index in [-0.39, 0.29) is 5.56 Å². The first-order valence-corrected chi connectivity index (χ1v) is 6.37. The standard InChI is InChI=1S/C14H19NO6/c1-4-21-12-7-9(5-6-11(12)19-2)13(17)15-10(8-16)14(18)20-3/h5-7,10,16H,4,8H2,1-3H3,(H,15,17). The van der Waals surface area contributed by atoms with Crippen molar-refractivity contribution in [2.75, 3.05) is 27.4 Å². The Bertz CT molecular complexity index is 502. The van der Waals surface area contributed by atoms with Crippen molar-refractivity contribution < 1.29 is 28.9 Å². The van der Waals surface area contributed by atoms with E-state index in [9.17, 15) is 9.59 Å². The first kappa shape index (κ1) is 16.8.